The zero-order valence-corrected chi connectivity index (χ0v) is 28.4. The molecule has 1 saturated heterocycles. The Morgan fingerprint density at radius 3 is 2.14 bits per heavy atom. The fraction of sp³-hybridized carbons (Fsp3) is 0.314. The van der Waals surface area contributed by atoms with Gasteiger partial charge in [-0.1, -0.05) is 35.9 Å². The molecule has 0 bridgehead atoms. The lowest BCUT2D eigenvalue weighted by Crippen LogP contribution is -2.39. The number of benzene rings is 3. The predicted molar refractivity (Wildman–Crippen MR) is 185 cm³/mol. The van der Waals surface area contributed by atoms with Crippen LogP contribution in [0.4, 0.5) is 5.69 Å². The molecule has 0 radical (unpaired) electrons. The summed E-state index contributed by atoms with van der Waals surface area (Å²) in [5.74, 6) is 1.65. The summed E-state index contributed by atoms with van der Waals surface area (Å²) in [4.78, 5) is 30.0. The van der Waals surface area contributed by atoms with Crippen LogP contribution in [0.3, 0.4) is 0 Å². The maximum absolute atomic E-state index is 14.0. The van der Waals surface area contributed by atoms with Crippen LogP contribution in [0.1, 0.15) is 21.5 Å². The van der Waals surface area contributed by atoms with Gasteiger partial charge in [0.05, 0.1) is 65.4 Å². The van der Waals surface area contributed by atoms with Gasteiger partial charge in [0.1, 0.15) is 17.2 Å². The highest BCUT2D eigenvalue weighted by Crippen LogP contribution is 2.29. The number of rotatable bonds is 13. The Balaban J connectivity index is 1.42. The lowest BCUT2D eigenvalue weighted by atomic mass is 10.2. The minimum atomic E-state index is -0.458. The number of hydrogen-bond acceptors (Lipinski definition) is 9. The van der Waals surface area contributed by atoms with Crippen molar-refractivity contribution in [3.63, 3.8) is 0 Å². The molecule has 0 aliphatic carbocycles. The molecule has 1 N–H and O–H groups in total. The number of hydrogen-bond donors (Lipinski definition) is 1. The second-order valence-corrected chi connectivity index (χ2v) is 11.9. The van der Waals surface area contributed by atoms with E-state index in [-0.39, 0.29) is 17.8 Å². The van der Waals surface area contributed by atoms with Gasteiger partial charge in [-0.15, -0.1) is 5.10 Å². The van der Waals surface area contributed by atoms with Crippen molar-refractivity contribution in [1.82, 2.24) is 29.0 Å². The molecule has 13 nitrogen and oxygen atoms in total. The van der Waals surface area contributed by atoms with E-state index in [1.165, 1.54) is 17.9 Å². The number of methoxy groups -OCH3 is 3. The van der Waals surface area contributed by atoms with Gasteiger partial charge in [0.25, 0.3) is 5.91 Å². The second-order valence-electron chi connectivity index (χ2n) is 11.5. The first-order chi connectivity index (χ1) is 23.8. The average Bonchev–Trinajstić information content (AvgIpc) is 3.66. The van der Waals surface area contributed by atoms with Gasteiger partial charge < -0.3 is 24.3 Å². The lowest BCUT2D eigenvalue weighted by molar-refractivity contribution is 0.0358. The van der Waals surface area contributed by atoms with Gasteiger partial charge in [-0.05, 0) is 53.6 Å². The summed E-state index contributed by atoms with van der Waals surface area (Å²) in [5, 5.41) is 13.1. The summed E-state index contributed by atoms with van der Waals surface area (Å²) < 4.78 is 26.3. The van der Waals surface area contributed by atoms with Gasteiger partial charge in [-0.25, -0.2) is 9.48 Å². The number of ether oxygens (including phenoxy) is 4. The Bertz CT molecular complexity index is 1950. The van der Waals surface area contributed by atoms with Gasteiger partial charge in [0.2, 0.25) is 0 Å². The first-order valence-electron chi connectivity index (χ1n) is 15.8. The summed E-state index contributed by atoms with van der Waals surface area (Å²) in [7, 11) is 4.71. The standard InChI is InChI=1S/C35H38ClN7O6/c1-46-27-9-4-24(5-10-27)21-41-23-30(37-34(44)29-20-26(36)8-13-31(29)48-3)32(38-41)33-39-43(15-14-40-16-18-49-19-17-40)35(45)42(33)22-25-6-11-28(47-2)12-7-25/h4-13,20,23H,14-19,21-22H2,1-3H3,(H,37,44). The number of amides is 1. The van der Waals surface area contributed by atoms with E-state index in [1.54, 1.807) is 41.8 Å². The van der Waals surface area contributed by atoms with Crippen molar-refractivity contribution in [3.8, 4) is 28.8 Å². The second kappa shape index (κ2) is 15.4. The Kier molecular flexibility index (Phi) is 10.6. The molecule has 14 heteroatoms. The van der Waals surface area contributed by atoms with Crippen molar-refractivity contribution in [1.29, 1.82) is 0 Å². The van der Waals surface area contributed by atoms with Gasteiger partial charge >= 0.3 is 5.69 Å². The minimum absolute atomic E-state index is 0.219. The molecule has 3 aromatic carbocycles. The van der Waals surface area contributed by atoms with Crippen LogP contribution in [0.5, 0.6) is 17.2 Å². The van der Waals surface area contributed by atoms with Crippen LogP contribution < -0.4 is 25.2 Å². The number of halogens is 1. The van der Waals surface area contributed by atoms with Gasteiger partial charge in [0.15, 0.2) is 11.5 Å². The first-order valence-corrected chi connectivity index (χ1v) is 16.2. The quantitative estimate of drug-likeness (QED) is 0.193. The summed E-state index contributed by atoms with van der Waals surface area (Å²) in [6, 6.07) is 19.9. The smallest absolute Gasteiger partial charge is 0.346 e. The molecular weight excluding hydrogens is 650 g/mol. The number of aromatic nitrogens is 5. The third-order valence-electron chi connectivity index (χ3n) is 8.29. The van der Waals surface area contributed by atoms with Crippen LogP contribution in [0.15, 0.2) is 77.7 Å². The fourth-order valence-electron chi connectivity index (χ4n) is 5.60. The third kappa shape index (κ3) is 7.96. The molecule has 0 saturated carbocycles. The molecule has 0 atom stereocenters. The summed E-state index contributed by atoms with van der Waals surface area (Å²) in [5.41, 5.74) is 2.47. The van der Waals surface area contributed by atoms with Crippen molar-refractivity contribution >= 4 is 23.2 Å². The first kappa shape index (κ1) is 33.8. The fourth-order valence-corrected chi connectivity index (χ4v) is 5.78. The molecular formula is C35H38ClN7O6. The van der Waals surface area contributed by atoms with E-state index >= 15 is 0 Å². The number of carbonyl (C=O) groups excluding carboxylic acids is 1. The minimum Gasteiger partial charge on any atom is -0.497 e. The van der Waals surface area contributed by atoms with E-state index in [9.17, 15) is 9.59 Å². The predicted octanol–water partition coefficient (Wildman–Crippen LogP) is 4.27. The van der Waals surface area contributed by atoms with Crippen LogP contribution in [-0.4, -0.2) is 89.1 Å². The number of carbonyl (C=O) groups is 1. The van der Waals surface area contributed by atoms with Crippen LogP contribution in [-0.2, 0) is 24.4 Å². The topological polar surface area (TPSA) is 127 Å². The average molecular weight is 688 g/mol. The lowest BCUT2D eigenvalue weighted by Gasteiger charge is -2.26. The molecule has 0 unspecified atom stereocenters. The molecule has 1 aliphatic rings. The maximum Gasteiger partial charge on any atom is 0.346 e. The summed E-state index contributed by atoms with van der Waals surface area (Å²) in [6.07, 6.45) is 1.73. The molecule has 1 aliphatic heterocycles. The SMILES string of the molecule is COc1ccc(Cn2cc(NC(=O)c3cc(Cl)ccc3OC)c(-c3nn(CCN4CCOCC4)c(=O)n3Cc3ccc(OC)cc3)n2)cc1. The molecule has 1 amide bonds. The van der Waals surface area contributed by atoms with E-state index in [4.69, 9.17) is 40.7 Å². The molecule has 3 heterocycles. The van der Waals surface area contributed by atoms with E-state index in [0.717, 1.165) is 30.0 Å². The van der Waals surface area contributed by atoms with E-state index in [2.05, 4.69) is 10.2 Å². The Labute approximate surface area is 288 Å². The normalized spacial score (nSPS) is 13.3. The number of anilines is 1. The van der Waals surface area contributed by atoms with E-state index in [1.807, 2.05) is 48.5 Å². The molecule has 6 rings (SSSR count). The molecule has 0 spiro atoms. The summed E-state index contributed by atoms with van der Waals surface area (Å²) >= 11 is 6.26. The Morgan fingerprint density at radius 2 is 1.51 bits per heavy atom. The zero-order valence-electron chi connectivity index (χ0n) is 27.6. The highest BCUT2D eigenvalue weighted by Gasteiger charge is 2.25. The number of nitrogens with zero attached hydrogens (tertiary/aromatic N) is 6. The highest BCUT2D eigenvalue weighted by molar-refractivity contribution is 6.31. The molecule has 1 fully saturated rings. The molecule has 49 heavy (non-hydrogen) atoms. The van der Waals surface area contributed by atoms with Crippen molar-refractivity contribution in [2.45, 2.75) is 19.6 Å². The van der Waals surface area contributed by atoms with Crippen LogP contribution >= 0.6 is 11.6 Å². The van der Waals surface area contributed by atoms with Crippen LogP contribution in [0, 0.1) is 0 Å². The monoisotopic (exact) mass is 687 g/mol. The number of nitrogens with one attached hydrogen (secondary N) is 1. The Morgan fingerprint density at radius 1 is 0.857 bits per heavy atom. The van der Waals surface area contributed by atoms with E-state index < -0.39 is 5.91 Å². The van der Waals surface area contributed by atoms with Gasteiger partial charge in [-0.2, -0.15) is 5.10 Å². The third-order valence-corrected chi connectivity index (χ3v) is 8.52. The van der Waals surface area contributed by atoms with Crippen LogP contribution in [0.25, 0.3) is 11.5 Å². The molecule has 256 valence electrons. The van der Waals surface area contributed by atoms with Crippen molar-refractivity contribution < 1.29 is 23.7 Å². The summed E-state index contributed by atoms with van der Waals surface area (Å²) in [6.45, 7) is 4.47. The van der Waals surface area contributed by atoms with Crippen molar-refractivity contribution in [2.75, 3.05) is 59.5 Å². The van der Waals surface area contributed by atoms with E-state index in [0.29, 0.717) is 66.6 Å². The van der Waals surface area contributed by atoms with Gasteiger partial charge in [-0.3, -0.25) is 18.9 Å². The molecule has 2 aromatic heterocycles. The van der Waals surface area contributed by atoms with Gasteiger partial charge in [0, 0.05) is 30.9 Å². The van der Waals surface area contributed by atoms with Crippen LogP contribution in [0.2, 0.25) is 5.02 Å². The highest BCUT2D eigenvalue weighted by atomic mass is 35.5. The van der Waals surface area contributed by atoms with Crippen molar-refractivity contribution in [2.24, 2.45) is 0 Å². The largest absolute Gasteiger partial charge is 0.497 e. The zero-order chi connectivity index (χ0) is 34.3. The molecule has 5 aromatic rings. The van der Waals surface area contributed by atoms with Crippen molar-refractivity contribution in [3.05, 3.63) is 105 Å². The Hall–Kier alpha value is -5.11. The maximum atomic E-state index is 14.0. The number of morpholine rings is 1.